The molecule has 1 aliphatic rings. The molecule has 0 spiro atoms. The largest absolute Gasteiger partial charge is 0.444 e. The number of ether oxygens (including phenoxy) is 2. The molecule has 2 rings (SSSR count). The van der Waals surface area contributed by atoms with E-state index in [1.54, 1.807) is 4.90 Å². The van der Waals surface area contributed by atoms with Crippen molar-refractivity contribution in [1.82, 2.24) is 4.90 Å². The minimum absolute atomic E-state index is 0.185. The van der Waals surface area contributed by atoms with Crippen molar-refractivity contribution in [2.24, 2.45) is 0 Å². The van der Waals surface area contributed by atoms with Crippen molar-refractivity contribution in [3.8, 4) is 0 Å². The molecule has 0 bridgehead atoms. The SMILES string of the molecule is CC(C)(C)OC(=O)N1CCCCC1(C=O)COCc1ccccc1. The summed E-state index contributed by atoms with van der Waals surface area (Å²) >= 11 is 0. The number of amides is 1. The quantitative estimate of drug-likeness (QED) is 0.773. The molecule has 5 heteroatoms. The molecule has 1 atom stereocenters. The van der Waals surface area contributed by atoms with Gasteiger partial charge in [-0.3, -0.25) is 4.90 Å². The van der Waals surface area contributed by atoms with Crippen molar-refractivity contribution < 1.29 is 19.1 Å². The normalized spacial score (nSPS) is 21.4. The van der Waals surface area contributed by atoms with Gasteiger partial charge in [0.1, 0.15) is 17.4 Å². The number of carbonyl (C=O) groups is 2. The fourth-order valence-electron chi connectivity index (χ4n) is 2.88. The molecule has 0 radical (unpaired) electrons. The van der Waals surface area contributed by atoms with Crippen molar-refractivity contribution >= 4 is 12.4 Å². The van der Waals surface area contributed by atoms with E-state index in [0.29, 0.717) is 19.6 Å². The molecule has 1 aliphatic heterocycles. The number of rotatable bonds is 5. The molecule has 1 heterocycles. The van der Waals surface area contributed by atoms with Crippen LogP contribution >= 0.6 is 0 Å². The molecule has 1 unspecified atom stereocenters. The predicted octanol–water partition coefficient (Wildman–Crippen LogP) is 3.56. The van der Waals surface area contributed by atoms with Gasteiger partial charge in [0.25, 0.3) is 0 Å². The van der Waals surface area contributed by atoms with Gasteiger partial charge in [-0.25, -0.2) is 4.79 Å². The van der Waals surface area contributed by atoms with Crippen molar-refractivity contribution in [1.29, 1.82) is 0 Å². The Balaban J connectivity index is 2.05. The lowest BCUT2D eigenvalue weighted by atomic mass is 9.89. The summed E-state index contributed by atoms with van der Waals surface area (Å²) in [6.45, 7) is 6.58. The molecule has 0 aromatic heterocycles. The monoisotopic (exact) mass is 333 g/mol. The van der Waals surface area contributed by atoms with Crippen molar-refractivity contribution in [2.75, 3.05) is 13.2 Å². The first kappa shape index (κ1) is 18.5. The van der Waals surface area contributed by atoms with Gasteiger partial charge >= 0.3 is 6.09 Å². The van der Waals surface area contributed by atoms with Crippen LogP contribution < -0.4 is 0 Å². The summed E-state index contributed by atoms with van der Waals surface area (Å²) in [7, 11) is 0. The minimum Gasteiger partial charge on any atom is -0.444 e. The van der Waals surface area contributed by atoms with E-state index in [-0.39, 0.29) is 6.61 Å². The van der Waals surface area contributed by atoms with Gasteiger partial charge in [0.05, 0.1) is 13.2 Å². The van der Waals surface area contributed by atoms with E-state index in [2.05, 4.69) is 0 Å². The number of carbonyl (C=O) groups excluding carboxylic acids is 2. The number of hydrogen-bond acceptors (Lipinski definition) is 4. The Hall–Kier alpha value is -1.88. The molecule has 1 amide bonds. The van der Waals surface area contributed by atoms with Crippen molar-refractivity contribution in [2.45, 2.75) is 57.8 Å². The van der Waals surface area contributed by atoms with Gasteiger partial charge in [-0.1, -0.05) is 30.3 Å². The maximum atomic E-state index is 12.5. The molecule has 1 fully saturated rings. The summed E-state index contributed by atoms with van der Waals surface area (Å²) in [5.41, 5.74) is -0.484. The second-order valence-electron chi connectivity index (χ2n) is 7.29. The Morgan fingerprint density at radius 2 is 1.96 bits per heavy atom. The average molecular weight is 333 g/mol. The highest BCUT2D eigenvalue weighted by Gasteiger charge is 2.43. The van der Waals surface area contributed by atoms with E-state index in [4.69, 9.17) is 9.47 Å². The first-order valence-electron chi connectivity index (χ1n) is 8.45. The zero-order valence-electron chi connectivity index (χ0n) is 14.8. The molecule has 132 valence electrons. The van der Waals surface area contributed by atoms with E-state index in [0.717, 1.165) is 24.7 Å². The molecule has 0 aliphatic carbocycles. The summed E-state index contributed by atoms with van der Waals surface area (Å²) in [4.78, 5) is 25.9. The van der Waals surface area contributed by atoms with Crippen LogP contribution in [-0.4, -0.2) is 41.6 Å². The van der Waals surface area contributed by atoms with Crippen LogP contribution in [0.3, 0.4) is 0 Å². The maximum Gasteiger partial charge on any atom is 0.411 e. The van der Waals surface area contributed by atoms with Crippen LogP contribution in [0, 0.1) is 0 Å². The summed E-state index contributed by atoms with van der Waals surface area (Å²) in [6.07, 6.45) is 2.77. The molecular formula is C19H27NO4. The summed E-state index contributed by atoms with van der Waals surface area (Å²) in [5, 5.41) is 0. The summed E-state index contributed by atoms with van der Waals surface area (Å²) < 4.78 is 11.3. The number of piperidine rings is 1. The average Bonchev–Trinajstić information content (AvgIpc) is 2.54. The van der Waals surface area contributed by atoms with Crippen LogP contribution in [-0.2, 0) is 20.9 Å². The highest BCUT2D eigenvalue weighted by Crippen LogP contribution is 2.29. The smallest absolute Gasteiger partial charge is 0.411 e. The lowest BCUT2D eigenvalue weighted by Gasteiger charge is -2.43. The van der Waals surface area contributed by atoms with Gasteiger partial charge in [0.2, 0.25) is 0 Å². The Morgan fingerprint density at radius 3 is 2.58 bits per heavy atom. The molecule has 1 aromatic carbocycles. The number of nitrogens with zero attached hydrogens (tertiary/aromatic N) is 1. The van der Waals surface area contributed by atoms with Gasteiger partial charge in [-0.15, -0.1) is 0 Å². The van der Waals surface area contributed by atoms with Crippen LogP contribution in [0.25, 0.3) is 0 Å². The van der Waals surface area contributed by atoms with Crippen LogP contribution in [0.4, 0.5) is 4.79 Å². The highest BCUT2D eigenvalue weighted by atomic mass is 16.6. The molecule has 1 aromatic rings. The van der Waals surface area contributed by atoms with Crippen molar-refractivity contribution in [3.05, 3.63) is 35.9 Å². The lowest BCUT2D eigenvalue weighted by molar-refractivity contribution is -0.126. The second-order valence-corrected chi connectivity index (χ2v) is 7.29. The standard InChI is InChI=1S/C19H27NO4/c1-18(2,3)24-17(22)20-12-8-7-11-19(20,14-21)15-23-13-16-9-5-4-6-10-16/h4-6,9-10,14H,7-8,11-13,15H2,1-3H3. The molecule has 0 saturated carbocycles. The highest BCUT2D eigenvalue weighted by molar-refractivity contribution is 5.77. The Labute approximate surface area is 143 Å². The van der Waals surface area contributed by atoms with E-state index in [1.807, 2.05) is 51.1 Å². The number of likely N-dealkylation sites (tertiary alicyclic amines) is 1. The molecule has 0 N–H and O–H groups in total. The van der Waals surface area contributed by atoms with Gasteiger partial charge in [0, 0.05) is 6.54 Å². The number of aldehydes is 1. The third-order valence-corrected chi connectivity index (χ3v) is 4.08. The Morgan fingerprint density at radius 1 is 1.25 bits per heavy atom. The molecule has 5 nitrogen and oxygen atoms in total. The van der Waals surface area contributed by atoms with E-state index < -0.39 is 17.2 Å². The first-order valence-corrected chi connectivity index (χ1v) is 8.45. The third-order valence-electron chi connectivity index (χ3n) is 4.08. The summed E-state index contributed by atoms with van der Waals surface area (Å²) in [6, 6.07) is 9.78. The number of hydrogen-bond donors (Lipinski definition) is 0. The maximum absolute atomic E-state index is 12.5. The first-order chi connectivity index (χ1) is 11.4. The number of benzene rings is 1. The Kier molecular flexibility index (Phi) is 5.99. The summed E-state index contributed by atoms with van der Waals surface area (Å²) in [5.74, 6) is 0. The predicted molar refractivity (Wildman–Crippen MR) is 91.7 cm³/mol. The molecule has 1 saturated heterocycles. The van der Waals surface area contributed by atoms with Gasteiger partial charge in [0.15, 0.2) is 0 Å². The Bertz CT molecular complexity index is 552. The minimum atomic E-state index is -0.935. The van der Waals surface area contributed by atoms with Crippen LogP contribution in [0.1, 0.15) is 45.6 Å². The zero-order valence-corrected chi connectivity index (χ0v) is 14.8. The van der Waals surface area contributed by atoms with Gasteiger partial charge < -0.3 is 14.3 Å². The van der Waals surface area contributed by atoms with E-state index in [1.165, 1.54) is 0 Å². The fourth-order valence-corrected chi connectivity index (χ4v) is 2.88. The van der Waals surface area contributed by atoms with Crippen LogP contribution in [0.5, 0.6) is 0 Å². The zero-order chi connectivity index (χ0) is 17.6. The van der Waals surface area contributed by atoms with Crippen molar-refractivity contribution in [3.63, 3.8) is 0 Å². The fraction of sp³-hybridized carbons (Fsp3) is 0.579. The molecule has 24 heavy (non-hydrogen) atoms. The van der Waals surface area contributed by atoms with Crippen LogP contribution in [0.15, 0.2) is 30.3 Å². The van der Waals surface area contributed by atoms with Gasteiger partial charge in [-0.05, 0) is 45.6 Å². The lowest BCUT2D eigenvalue weighted by Crippen LogP contribution is -2.59. The molecular weight excluding hydrogens is 306 g/mol. The second kappa shape index (κ2) is 7.79. The van der Waals surface area contributed by atoms with E-state index in [9.17, 15) is 9.59 Å². The topological polar surface area (TPSA) is 55.8 Å². The van der Waals surface area contributed by atoms with Crippen LogP contribution in [0.2, 0.25) is 0 Å². The van der Waals surface area contributed by atoms with Gasteiger partial charge in [-0.2, -0.15) is 0 Å². The van der Waals surface area contributed by atoms with E-state index >= 15 is 0 Å². The third kappa shape index (κ3) is 4.81.